The molecule has 2 heterocycles. The van der Waals surface area contributed by atoms with E-state index in [1.54, 1.807) is 0 Å². The molecule has 3 nitrogen and oxygen atoms in total. The zero-order chi connectivity index (χ0) is 11.6. The van der Waals surface area contributed by atoms with Crippen molar-refractivity contribution in [3.63, 3.8) is 0 Å². The number of anilines is 1. The molecule has 0 bridgehead atoms. The molecule has 5 heteroatoms. The van der Waals surface area contributed by atoms with E-state index < -0.39 is 0 Å². The van der Waals surface area contributed by atoms with Crippen LogP contribution in [0, 0.1) is 18.3 Å². The highest BCUT2D eigenvalue weighted by Crippen LogP contribution is 2.38. The van der Waals surface area contributed by atoms with Crippen LogP contribution in [0.25, 0.3) is 0 Å². The molecule has 0 aromatic carbocycles. The second-order valence-corrected chi connectivity index (χ2v) is 6.80. The number of aromatic nitrogens is 1. The molecule has 1 aliphatic heterocycles. The van der Waals surface area contributed by atoms with Crippen molar-refractivity contribution < 1.29 is 0 Å². The Morgan fingerprint density at radius 3 is 3.06 bits per heavy atom. The monoisotopic (exact) mass is 253 g/mol. The number of nitriles is 1. The third-order valence-electron chi connectivity index (χ3n) is 2.90. The molecule has 0 radical (unpaired) electrons. The summed E-state index contributed by atoms with van der Waals surface area (Å²) >= 11 is 3.41. The van der Waals surface area contributed by atoms with Crippen molar-refractivity contribution >= 4 is 28.3 Å². The van der Waals surface area contributed by atoms with Crippen LogP contribution in [0.2, 0.25) is 0 Å². The second kappa shape index (κ2) is 4.64. The molecule has 0 spiro atoms. The lowest BCUT2D eigenvalue weighted by Gasteiger charge is -2.22. The maximum absolute atomic E-state index is 9.02. The van der Waals surface area contributed by atoms with Crippen LogP contribution in [0.15, 0.2) is 0 Å². The molecule has 1 N–H and O–H groups in total. The highest BCUT2D eigenvalue weighted by atomic mass is 32.2. The van der Waals surface area contributed by atoms with Gasteiger partial charge in [-0.25, -0.2) is 0 Å². The largest absolute Gasteiger partial charge is 0.373 e. The van der Waals surface area contributed by atoms with Crippen LogP contribution in [-0.4, -0.2) is 21.4 Å². The minimum atomic E-state index is 0.324. The van der Waals surface area contributed by atoms with Gasteiger partial charge in [-0.1, -0.05) is 0 Å². The zero-order valence-electron chi connectivity index (χ0n) is 9.54. The Morgan fingerprint density at radius 2 is 2.44 bits per heavy atom. The van der Waals surface area contributed by atoms with Crippen molar-refractivity contribution in [1.82, 2.24) is 4.37 Å². The van der Waals surface area contributed by atoms with Gasteiger partial charge >= 0.3 is 0 Å². The molecule has 0 amide bonds. The van der Waals surface area contributed by atoms with E-state index >= 15 is 0 Å². The number of hydrogen-bond donors (Lipinski definition) is 1. The Bertz CT molecular complexity index is 413. The van der Waals surface area contributed by atoms with Crippen LogP contribution in [0.3, 0.4) is 0 Å². The van der Waals surface area contributed by atoms with Crippen LogP contribution < -0.4 is 5.32 Å². The number of thioether (sulfide) groups is 1. The molecule has 0 aliphatic carbocycles. The summed E-state index contributed by atoms with van der Waals surface area (Å²) in [5, 5.41) is 13.3. The van der Waals surface area contributed by atoms with Crippen LogP contribution in [0.4, 0.5) is 5.00 Å². The minimum absolute atomic E-state index is 0.324. The zero-order valence-corrected chi connectivity index (χ0v) is 11.2. The molecule has 2 rings (SSSR count). The molecule has 1 aromatic rings. The fourth-order valence-corrected chi connectivity index (χ4v) is 3.85. The third kappa shape index (κ3) is 2.33. The standard InChI is InChI=1S/C11H15N3S2/c1-8-9(6-12)10(16-14-8)13-7-11(2)4-3-5-15-11/h13H,3-5,7H2,1-2H3. The smallest absolute Gasteiger partial charge is 0.127 e. The van der Waals surface area contributed by atoms with E-state index in [1.165, 1.54) is 30.1 Å². The second-order valence-electron chi connectivity index (χ2n) is 4.34. The molecule has 16 heavy (non-hydrogen) atoms. The van der Waals surface area contributed by atoms with E-state index in [4.69, 9.17) is 5.26 Å². The van der Waals surface area contributed by atoms with Crippen LogP contribution >= 0.6 is 23.3 Å². The van der Waals surface area contributed by atoms with Crippen molar-refractivity contribution in [2.24, 2.45) is 0 Å². The molecule has 1 unspecified atom stereocenters. The predicted molar refractivity (Wildman–Crippen MR) is 70.2 cm³/mol. The molecule has 86 valence electrons. The van der Waals surface area contributed by atoms with Gasteiger partial charge < -0.3 is 5.32 Å². The molecule has 1 aliphatic rings. The summed E-state index contributed by atoms with van der Waals surface area (Å²) in [6.07, 6.45) is 2.56. The lowest BCUT2D eigenvalue weighted by molar-refractivity contribution is 0.635. The average molecular weight is 253 g/mol. The maximum Gasteiger partial charge on any atom is 0.127 e. The van der Waals surface area contributed by atoms with E-state index in [9.17, 15) is 0 Å². The van der Waals surface area contributed by atoms with Crippen molar-refractivity contribution in [2.45, 2.75) is 31.4 Å². The fraction of sp³-hybridized carbons (Fsp3) is 0.636. The van der Waals surface area contributed by atoms with E-state index in [-0.39, 0.29) is 0 Å². The summed E-state index contributed by atoms with van der Waals surface area (Å²) < 4.78 is 4.53. The van der Waals surface area contributed by atoms with Gasteiger partial charge in [0.15, 0.2) is 0 Å². The average Bonchev–Trinajstić information content (AvgIpc) is 2.83. The molecule has 1 fully saturated rings. The first-order valence-electron chi connectivity index (χ1n) is 5.39. The summed E-state index contributed by atoms with van der Waals surface area (Å²) in [5.74, 6) is 1.25. The van der Waals surface area contributed by atoms with E-state index in [0.29, 0.717) is 10.3 Å². The number of hydrogen-bond acceptors (Lipinski definition) is 5. The first-order valence-corrected chi connectivity index (χ1v) is 7.15. The molecule has 1 saturated heterocycles. The van der Waals surface area contributed by atoms with E-state index in [1.807, 2.05) is 18.7 Å². The normalized spacial score (nSPS) is 24.3. The Labute approximate surface area is 104 Å². The molecular weight excluding hydrogens is 238 g/mol. The summed E-state index contributed by atoms with van der Waals surface area (Å²) in [5.41, 5.74) is 1.54. The summed E-state index contributed by atoms with van der Waals surface area (Å²) in [6.45, 7) is 5.10. The van der Waals surface area contributed by atoms with Gasteiger partial charge in [-0.3, -0.25) is 0 Å². The highest BCUT2D eigenvalue weighted by molar-refractivity contribution is 8.00. The Balaban J connectivity index is 2.02. The van der Waals surface area contributed by atoms with Gasteiger partial charge in [-0.2, -0.15) is 21.4 Å². The maximum atomic E-state index is 9.02. The molecule has 0 saturated carbocycles. The number of nitrogens with zero attached hydrogens (tertiary/aromatic N) is 2. The number of aryl methyl sites for hydroxylation is 1. The van der Waals surface area contributed by atoms with Gasteiger partial charge in [0.05, 0.1) is 5.69 Å². The first kappa shape index (κ1) is 11.7. The Kier molecular flexibility index (Phi) is 3.41. The van der Waals surface area contributed by atoms with Gasteiger partial charge in [0.25, 0.3) is 0 Å². The van der Waals surface area contributed by atoms with Crippen LogP contribution in [0.1, 0.15) is 31.0 Å². The fourth-order valence-electron chi connectivity index (χ4n) is 1.87. The van der Waals surface area contributed by atoms with Crippen LogP contribution in [-0.2, 0) is 0 Å². The van der Waals surface area contributed by atoms with E-state index in [2.05, 4.69) is 22.7 Å². The predicted octanol–water partition coefficient (Wildman–Crippen LogP) is 3.02. The lowest BCUT2D eigenvalue weighted by Crippen LogP contribution is -2.26. The van der Waals surface area contributed by atoms with Crippen molar-refractivity contribution in [1.29, 1.82) is 5.26 Å². The van der Waals surface area contributed by atoms with Gasteiger partial charge in [0, 0.05) is 11.3 Å². The Morgan fingerprint density at radius 1 is 1.62 bits per heavy atom. The van der Waals surface area contributed by atoms with Gasteiger partial charge in [0.1, 0.15) is 16.6 Å². The Hall–Kier alpha value is -0.730. The van der Waals surface area contributed by atoms with Gasteiger partial charge in [-0.05, 0) is 44.0 Å². The summed E-state index contributed by atoms with van der Waals surface area (Å²) in [7, 11) is 0. The quantitative estimate of drug-likeness (QED) is 0.899. The highest BCUT2D eigenvalue weighted by Gasteiger charge is 2.29. The third-order valence-corrected chi connectivity index (χ3v) is 5.33. The van der Waals surface area contributed by atoms with Crippen LogP contribution in [0.5, 0.6) is 0 Å². The first-order chi connectivity index (χ1) is 7.64. The number of rotatable bonds is 3. The summed E-state index contributed by atoms with van der Waals surface area (Å²) in [6, 6.07) is 2.21. The van der Waals surface area contributed by atoms with Crippen molar-refractivity contribution in [2.75, 3.05) is 17.6 Å². The van der Waals surface area contributed by atoms with Crippen molar-refractivity contribution in [3.8, 4) is 6.07 Å². The van der Waals surface area contributed by atoms with Gasteiger partial charge in [-0.15, -0.1) is 0 Å². The van der Waals surface area contributed by atoms with Gasteiger partial charge in [0.2, 0.25) is 0 Å². The lowest BCUT2D eigenvalue weighted by atomic mass is 10.1. The van der Waals surface area contributed by atoms with E-state index in [0.717, 1.165) is 17.2 Å². The molecule has 1 atom stereocenters. The topological polar surface area (TPSA) is 48.7 Å². The van der Waals surface area contributed by atoms with Crippen molar-refractivity contribution in [3.05, 3.63) is 11.3 Å². The molecular formula is C11H15N3S2. The SMILES string of the molecule is Cc1nsc(NCC2(C)CCCS2)c1C#N. The molecule has 1 aromatic heterocycles. The summed E-state index contributed by atoms with van der Waals surface area (Å²) in [4.78, 5) is 0. The minimum Gasteiger partial charge on any atom is -0.373 e. The number of nitrogens with one attached hydrogen (secondary N) is 1.